The number of amides is 1. The number of carbonyl (C=O) groups excluding carboxylic acids is 1. The van der Waals surface area contributed by atoms with Crippen molar-refractivity contribution in [2.75, 3.05) is 0 Å². The van der Waals surface area contributed by atoms with Crippen molar-refractivity contribution in [3.8, 4) is 0 Å². The number of fused-ring (bicyclic) bond motifs is 1. The smallest absolute Gasteiger partial charge is 0.407 e. The van der Waals surface area contributed by atoms with Crippen molar-refractivity contribution in [2.24, 2.45) is 11.8 Å². The summed E-state index contributed by atoms with van der Waals surface area (Å²) < 4.78 is 5.15. The molecule has 0 aliphatic heterocycles. The average molecular weight is 247 g/mol. The summed E-state index contributed by atoms with van der Waals surface area (Å²) in [4.78, 5) is 11.6. The maximum absolute atomic E-state index is 11.6. The van der Waals surface area contributed by atoms with Gasteiger partial charge in [0, 0.05) is 12.0 Å². The number of hydrogen-bond donors (Lipinski definition) is 2. The topological polar surface area (TPSA) is 58.6 Å². The Morgan fingerprint density at radius 2 is 2.11 bits per heavy atom. The molecular weight excluding hydrogens is 230 g/mol. The summed E-state index contributed by atoms with van der Waals surface area (Å²) in [5.41, 5.74) is 0.976. The van der Waals surface area contributed by atoms with Crippen molar-refractivity contribution in [1.29, 1.82) is 0 Å². The molecular formula is C14H17NO3. The van der Waals surface area contributed by atoms with Gasteiger partial charge in [0.05, 0.1) is 6.10 Å². The van der Waals surface area contributed by atoms with Crippen LogP contribution in [-0.4, -0.2) is 23.3 Å². The van der Waals surface area contributed by atoms with Crippen molar-refractivity contribution in [2.45, 2.75) is 31.6 Å². The molecule has 3 rings (SSSR count). The summed E-state index contributed by atoms with van der Waals surface area (Å²) in [6.07, 6.45) is 1.25. The molecule has 4 atom stereocenters. The van der Waals surface area contributed by atoms with Crippen molar-refractivity contribution in [1.82, 2.24) is 5.32 Å². The van der Waals surface area contributed by atoms with Crippen molar-refractivity contribution >= 4 is 6.09 Å². The zero-order valence-electron chi connectivity index (χ0n) is 10.1. The van der Waals surface area contributed by atoms with E-state index in [0.29, 0.717) is 5.92 Å². The highest BCUT2D eigenvalue weighted by atomic mass is 16.5. The van der Waals surface area contributed by atoms with Gasteiger partial charge in [-0.3, -0.25) is 0 Å². The van der Waals surface area contributed by atoms with Crippen LogP contribution in [0.4, 0.5) is 4.79 Å². The van der Waals surface area contributed by atoms with Gasteiger partial charge in [-0.05, 0) is 24.3 Å². The van der Waals surface area contributed by atoms with E-state index in [1.165, 1.54) is 0 Å². The number of hydrogen-bond acceptors (Lipinski definition) is 3. The van der Waals surface area contributed by atoms with Crippen LogP contribution in [-0.2, 0) is 11.3 Å². The highest BCUT2D eigenvalue weighted by Crippen LogP contribution is 2.51. The van der Waals surface area contributed by atoms with Gasteiger partial charge in [-0.25, -0.2) is 4.79 Å². The van der Waals surface area contributed by atoms with Gasteiger partial charge in [0.15, 0.2) is 0 Å². The van der Waals surface area contributed by atoms with Crippen LogP contribution >= 0.6 is 0 Å². The second-order valence-electron chi connectivity index (χ2n) is 5.12. The van der Waals surface area contributed by atoms with Gasteiger partial charge in [0.25, 0.3) is 0 Å². The molecule has 0 saturated heterocycles. The summed E-state index contributed by atoms with van der Waals surface area (Å²) in [6.45, 7) is 0.289. The zero-order chi connectivity index (χ0) is 12.5. The lowest BCUT2D eigenvalue weighted by atomic mass is 10.2. The van der Waals surface area contributed by atoms with Gasteiger partial charge >= 0.3 is 6.09 Å². The van der Waals surface area contributed by atoms with Crippen LogP contribution in [0.25, 0.3) is 0 Å². The Labute approximate surface area is 106 Å². The molecule has 0 heterocycles. The first kappa shape index (κ1) is 11.5. The fraction of sp³-hybridized carbons (Fsp3) is 0.500. The van der Waals surface area contributed by atoms with Gasteiger partial charge in [0.1, 0.15) is 6.61 Å². The quantitative estimate of drug-likeness (QED) is 0.854. The first-order valence-electron chi connectivity index (χ1n) is 6.41. The maximum Gasteiger partial charge on any atom is 0.407 e. The number of carbonyl (C=O) groups is 1. The molecule has 0 spiro atoms. The van der Waals surface area contributed by atoms with Gasteiger partial charge in [-0.2, -0.15) is 0 Å². The summed E-state index contributed by atoms with van der Waals surface area (Å²) >= 11 is 0. The number of rotatable bonds is 3. The SMILES string of the molecule is O=C(NC1C2CCC(O)C21)OCc1ccccc1. The summed E-state index contributed by atoms with van der Waals surface area (Å²) in [5.74, 6) is 0.721. The van der Waals surface area contributed by atoms with E-state index in [1.807, 2.05) is 30.3 Å². The fourth-order valence-electron chi connectivity index (χ4n) is 2.96. The minimum atomic E-state index is -0.384. The number of benzene rings is 1. The predicted octanol–water partition coefficient (Wildman–Crippen LogP) is 1.68. The van der Waals surface area contributed by atoms with Crippen LogP contribution in [0.5, 0.6) is 0 Å². The van der Waals surface area contributed by atoms with Crippen LogP contribution in [0.1, 0.15) is 18.4 Å². The minimum Gasteiger partial charge on any atom is -0.445 e. The lowest BCUT2D eigenvalue weighted by molar-refractivity contribution is 0.130. The fourth-order valence-corrected chi connectivity index (χ4v) is 2.96. The molecule has 0 bridgehead atoms. The monoisotopic (exact) mass is 247 g/mol. The molecule has 1 aromatic carbocycles. The van der Waals surface area contributed by atoms with E-state index >= 15 is 0 Å². The van der Waals surface area contributed by atoms with E-state index in [9.17, 15) is 9.90 Å². The van der Waals surface area contributed by atoms with Gasteiger partial charge in [-0.1, -0.05) is 30.3 Å². The van der Waals surface area contributed by atoms with Crippen LogP contribution in [0.3, 0.4) is 0 Å². The van der Waals surface area contributed by atoms with E-state index in [1.54, 1.807) is 0 Å². The Morgan fingerprint density at radius 3 is 2.78 bits per heavy atom. The second-order valence-corrected chi connectivity index (χ2v) is 5.12. The highest BCUT2D eigenvalue weighted by molar-refractivity contribution is 5.68. The first-order chi connectivity index (χ1) is 8.75. The van der Waals surface area contributed by atoms with Crippen molar-refractivity contribution < 1.29 is 14.6 Å². The molecule has 96 valence electrons. The molecule has 0 aromatic heterocycles. The third kappa shape index (κ3) is 2.20. The molecule has 4 unspecified atom stereocenters. The van der Waals surface area contributed by atoms with E-state index in [0.717, 1.165) is 18.4 Å². The molecule has 1 amide bonds. The number of aliphatic hydroxyl groups excluding tert-OH is 1. The summed E-state index contributed by atoms with van der Waals surface area (Å²) in [6, 6.07) is 9.72. The molecule has 18 heavy (non-hydrogen) atoms. The highest BCUT2D eigenvalue weighted by Gasteiger charge is 2.58. The third-order valence-electron chi connectivity index (χ3n) is 3.97. The van der Waals surface area contributed by atoms with E-state index in [4.69, 9.17) is 4.74 Å². The standard InChI is InChI=1S/C14H17NO3/c16-11-7-6-10-12(11)13(10)15-14(17)18-8-9-4-2-1-3-5-9/h1-5,10-13,16H,6-8H2,(H,15,17). The third-order valence-corrected chi connectivity index (χ3v) is 3.97. The number of alkyl carbamates (subject to hydrolysis) is 1. The predicted molar refractivity (Wildman–Crippen MR) is 65.8 cm³/mol. The van der Waals surface area contributed by atoms with Crippen LogP contribution in [0.15, 0.2) is 30.3 Å². The molecule has 4 heteroatoms. The van der Waals surface area contributed by atoms with Crippen LogP contribution in [0.2, 0.25) is 0 Å². The van der Waals surface area contributed by atoms with Crippen LogP contribution in [0, 0.1) is 11.8 Å². The molecule has 2 fully saturated rings. The largest absolute Gasteiger partial charge is 0.445 e. The average Bonchev–Trinajstić information content (AvgIpc) is 2.93. The molecule has 0 radical (unpaired) electrons. The number of aliphatic hydroxyl groups is 1. The van der Waals surface area contributed by atoms with Gasteiger partial charge < -0.3 is 15.2 Å². The van der Waals surface area contributed by atoms with E-state index in [2.05, 4.69) is 5.32 Å². The minimum absolute atomic E-state index is 0.122. The summed E-state index contributed by atoms with van der Waals surface area (Å²) in [7, 11) is 0. The number of nitrogens with one attached hydrogen (secondary N) is 1. The molecule has 2 aliphatic carbocycles. The molecule has 4 nitrogen and oxygen atoms in total. The van der Waals surface area contributed by atoms with E-state index in [-0.39, 0.29) is 30.8 Å². The Kier molecular flexibility index (Phi) is 2.96. The molecule has 2 N–H and O–H groups in total. The Balaban J connectivity index is 1.44. The maximum atomic E-state index is 11.6. The Morgan fingerprint density at radius 1 is 1.33 bits per heavy atom. The van der Waals surface area contributed by atoms with Gasteiger partial charge in [0.2, 0.25) is 0 Å². The van der Waals surface area contributed by atoms with Crippen LogP contribution < -0.4 is 5.32 Å². The zero-order valence-corrected chi connectivity index (χ0v) is 10.1. The molecule has 1 aromatic rings. The van der Waals surface area contributed by atoms with Crippen molar-refractivity contribution in [3.63, 3.8) is 0 Å². The lowest BCUT2D eigenvalue weighted by Gasteiger charge is -2.10. The normalized spacial score (nSPS) is 32.7. The summed E-state index contributed by atoms with van der Waals surface area (Å²) in [5, 5.41) is 12.5. The van der Waals surface area contributed by atoms with Crippen molar-refractivity contribution in [3.05, 3.63) is 35.9 Å². The molecule has 2 saturated carbocycles. The van der Waals surface area contributed by atoms with Gasteiger partial charge in [-0.15, -0.1) is 0 Å². The Hall–Kier alpha value is -1.55. The first-order valence-corrected chi connectivity index (χ1v) is 6.41. The Bertz CT molecular complexity index is 434. The van der Waals surface area contributed by atoms with E-state index < -0.39 is 0 Å². The molecule has 2 aliphatic rings. The lowest BCUT2D eigenvalue weighted by Crippen LogP contribution is -2.31. The second kappa shape index (κ2) is 4.61. The number of ether oxygens (including phenoxy) is 1.